The van der Waals surface area contributed by atoms with E-state index >= 15 is 0 Å². The molecule has 0 bridgehead atoms. The Kier molecular flexibility index (Phi) is 4.20. The van der Waals surface area contributed by atoms with Crippen molar-refractivity contribution in [2.24, 2.45) is 0 Å². The largest absolute Gasteiger partial charge is 0.111 e. The van der Waals surface area contributed by atoms with Gasteiger partial charge in [0.25, 0.3) is 0 Å². The Morgan fingerprint density at radius 1 is 1.12 bits per heavy atom. The van der Waals surface area contributed by atoms with Crippen LogP contribution < -0.4 is 0 Å². The van der Waals surface area contributed by atoms with E-state index in [1.165, 1.54) is 11.3 Å². The zero-order valence-corrected chi connectivity index (χ0v) is 12.6. The molecule has 16 heavy (non-hydrogen) atoms. The molecule has 5 heteroatoms. The highest BCUT2D eigenvalue weighted by atomic mass is 79.9. The quantitative estimate of drug-likeness (QED) is 0.563. The van der Waals surface area contributed by atoms with Crippen LogP contribution in [0.4, 0.5) is 0 Å². The summed E-state index contributed by atoms with van der Waals surface area (Å²) >= 11 is 22.9. The second-order valence-corrected chi connectivity index (χ2v) is 6.83. The minimum Gasteiger partial charge on any atom is -0.111 e. The average molecular weight is 356 g/mol. The first-order chi connectivity index (χ1) is 7.58. The van der Waals surface area contributed by atoms with Gasteiger partial charge in [-0.25, -0.2) is 0 Å². The summed E-state index contributed by atoms with van der Waals surface area (Å²) < 4.78 is 1.39. The molecular weight excluding hydrogens is 350 g/mol. The smallest absolute Gasteiger partial charge is 0.0990 e. The Morgan fingerprint density at radius 3 is 2.44 bits per heavy atom. The molecule has 0 aliphatic rings. The summed E-state index contributed by atoms with van der Waals surface area (Å²) in [6.07, 6.45) is 0. The SMILES string of the molecule is Clc1cccc(C(Br)c2cc(Cl)sc2Cl)c1. The van der Waals surface area contributed by atoms with Gasteiger partial charge in [0.15, 0.2) is 0 Å². The van der Waals surface area contributed by atoms with Gasteiger partial charge in [-0.15, -0.1) is 11.3 Å². The first kappa shape index (κ1) is 12.7. The average Bonchev–Trinajstić information content (AvgIpc) is 2.57. The summed E-state index contributed by atoms with van der Waals surface area (Å²) in [6, 6.07) is 9.52. The van der Waals surface area contributed by atoms with Crippen LogP contribution in [-0.4, -0.2) is 0 Å². The van der Waals surface area contributed by atoms with Crippen LogP contribution in [-0.2, 0) is 0 Å². The summed E-state index contributed by atoms with van der Waals surface area (Å²) in [5, 5.41) is 0.708. The predicted molar refractivity (Wildman–Crippen MR) is 76.6 cm³/mol. The molecular formula is C11H6BrCl3S. The molecule has 0 aliphatic heterocycles. The van der Waals surface area contributed by atoms with Gasteiger partial charge < -0.3 is 0 Å². The number of thiophene rings is 1. The molecule has 2 aromatic rings. The first-order valence-electron chi connectivity index (χ1n) is 4.42. The molecule has 0 radical (unpaired) electrons. The molecule has 0 fully saturated rings. The van der Waals surface area contributed by atoms with E-state index in [4.69, 9.17) is 34.8 Å². The third kappa shape index (κ3) is 2.74. The van der Waals surface area contributed by atoms with Crippen LogP contribution in [0.25, 0.3) is 0 Å². The van der Waals surface area contributed by atoms with E-state index in [1.807, 2.05) is 30.3 Å². The van der Waals surface area contributed by atoms with Crippen molar-refractivity contribution in [2.45, 2.75) is 4.83 Å². The fourth-order valence-electron chi connectivity index (χ4n) is 1.37. The number of hydrogen-bond acceptors (Lipinski definition) is 1. The molecule has 0 aliphatic carbocycles. The van der Waals surface area contributed by atoms with Gasteiger partial charge in [-0.1, -0.05) is 62.9 Å². The van der Waals surface area contributed by atoms with E-state index in [-0.39, 0.29) is 4.83 Å². The predicted octanol–water partition coefficient (Wildman–Crippen LogP) is 6.19. The Morgan fingerprint density at radius 2 is 1.88 bits per heavy atom. The molecule has 0 saturated heterocycles. The van der Waals surface area contributed by atoms with Crippen molar-refractivity contribution >= 4 is 62.1 Å². The summed E-state index contributed by atoms with van der Waals surface area (Å²) in [7, 11) is 0. The molecule has 0 amide bonds. The molecule has 1 aromatic carbocycles. The minimum atomic E-state index is 0.0162. The third-order valence-electron chi connectivity index (χ3n) is 2.10. The highest BCUT2D eigenvalue weighted by molar-refractivity contribution is 9.09. The van der Waals surface area contributed by atoms with E-state index < -0.39 is 0 Å². The maximum absolute atomic E-state index is 6.10. The topological polar surface area (TPSA) is 0 Å². The number of alkyl halides is 1. The summed E-state index contributed by atoms with van der Waals surface area (Å²) in [5.41, 5.74) is 2.03. The van der Waals surface area contributed by atoms with Crippen molar-refractivity contribution in [3.8, 4) is 0 Å². The monoisotopic (exact) mass is 354 g/mol. The van der Waals surface area contributed by atoms with Crippen molar-refractivity contribution < 1.29 is 0 Å². The fourth-order valence-corrected chi connectivity index (χ4v) is 4.03. The van der Waals surface area contributed by atoms with Crippen molar-refractivity contribution in [3.63, 3.8) is 0 Å². The van der Waals surface area contributed by atoms with Gasteiger partial charge in [-0.3, -0.25) is 0 Å². The molecule has 0 saturated carbocycles. The Labute approximate surface area is 121 Å². The zero-order valence-electron chi connectivity index (χ0n) is 7.88. The van der Waals surface area contributed by atoms with Crippen molar-refractivity contribution in [1.82, 2.24) is 0 Å². The van der Waals surface area contributed by atoms with Crippen LogP contribution in [0.3, 0.4) is 0 Å². The minimum absolute atomic E-state index is 0.0162. The van der Waals surface area contributed by atoms with Gasteiger partial charge in [-0.05, 0) is 23.8 Å². The van der Waals surface area contributed by atoms with E-state index in [9.17, 15) is 0 Å². The summed E-state index contributed by atoms with van der Waals surface area (Å²) in [6.45, 7) is 0. The molecule has 84 valence electrons. The normalized spacial score (nSPS) is 12.8. The second kappa shape index (κ2) is 5.28. The zero-order chi connectivity index (χ0) is 11.7. The van der Waals surface area contributed by atoms with Gasteiger partial charge in [0, 0.05) is 10.6 Å². The molecule has 0 nitrogen and oxygen atoms in total. The van der Waals surface area contributed by atoms with Gasteiger partial charge >= 0.3 is 0 Å². The summed E-state index contributed by atoms with van der Waals surface area (Å²) in [4.78, 5) is 0.0162. The van der Waals surface area contributed by atoms with Crippen molar-refractivity contribution in [1.29, 1.82) is 0 Å². The number of halogens is 4. The first-order valence-corrected chi connectivity index (χ1v) is 7.29. The van der Waals surface area contributed by atoms with Gasteiger partial charge in [0.2, 0.25) is 0 Å². The molecule has 1 unspecified atom stereocenters. The van der Waals surface area contributed by atoms with E-state index in [2.05, 4.69) is 15.9 Å². The second-order valence-electron chi connectivity index (χ2n) is 3.20. The maximum Gasteiger partial charge on any atom is 0.0990 e. The Balaban J connectivity index is 2.38. The lowest BCUT2D eigenvalue weighted by Gasteiger charge is -2.09. The van der Waals surface area contributed by atoms with E-state index in [0.29, 0.717) is 13.7 Å². The van der Waals surface area contributed by atoms with Crippen molar-refractivity contribution in [3.05, 3.63) is 55.2 Å². The molecule has 1 atom stereocenters. The summed E-state index contributed by atoms with van der Waals surface area (Å²) in [5.74, 6) is 0. The molecule has 0 N–H and O–H groups in total. The molecule has 0 spiro atoms. The Hall–Kier alpha value is 0.270. The number of rotatable bonds is 2. The van der Waals surface area contributed by atoms with Crippen LogP contribution in [0.15, 0.2) is 30.3 Å². The van der Waals surface area contributed by atoms with Crippen LogP contribution in [0.5, 0.6) is 0 Å². The highest BCUT2D eigenvalue weighted by Crippen LogP contribution is 2.41. The maximum atomic E-state index is 6.10. The Bertz CT molecular complexity index is 510. The molecule has 2 rings (SSSR count). The number of benzene rings is 1. The van der Waals surface area contributed by atoms with Crippen molar-refractivity contribution in [2.75, 3.05) is 0 Å². The van der Waals surface area contributed by atoms with E-state index in [1.54, 1.807) is 0 Å². The molecule has 1 heterocycles. The molecule has 1 aromatic heterocycles. The lowest BCUT2D eigenvalue weighted by Crippen LogP contribution is -1.90. The third-order valence-corrected chi connectivity index (χ3v) is 4.87. The lowest BCUT2D eigenvalue weighted by atomic mass is 10.1. The van der Waals surface area contributed by atoms with Crippen LogP contribution in [0.2, 0.25) is 13.7 Å². The van der Waals surface area contributed by atoms with Gasteiger partial charge in [-0.2, -0.15) is 0 Å². The van der Waals surface area contributed by atoms with Crippen LogP contribution in [0.1, 0.15) is 16.0 Å². The fraction of sp³-hybridized carbons (Fsp3) is 0.0909. The highest BCUT2D eigenvalue weighted by Gasteiger charge is 2.16. The lowest BCUT2D eigenvalue weighted by molar-refractivity contribution is 1.19. The van der Waals surface area contributed by atoms with Crippen LogP contribution in [0, 0.1) is 0 Å². The van der Waals surface area contributed by atoms with E-state index in [0.717, 1.165) is 11.1 Å². The van der Waals surface area contributed by atoms with Gasteiger partial charge in [0.1, 0.15) is 0 Å². The van der Waals surface area contributed by atoms with Crippen LogP contribution >= 0.6 is 62.1 Å². The standard InChI is InChI=1S/C11H6BrCl3S/c12-10(6-2-1-3-7(13)4-6)8-5-9(14)16-11(8)15/h1-5,10H. The van der Waals surface area contributed by atoms with Gasteiger partial charge in [0.05, 0.1) is 13.5 Å². The number of hydrogen-bond donors (Lipinski definition) is 0.